The van der Waals surface area contributed by atoms with Gasteiger partial charge in [-0.1, -0.05) is 29.5 Å². The lowest BCUT2D eigenvalue weighted by molar-refractivity contribution is -0.274. The van der Waals surface area contributed by atoms with Gasteiger partial charge in [-0.15, -0.1) is 13.2 Å². The average molecular weight is 438 g/mol. The summed E-state index contributed by atoms with van der Waals surface area (Å²) < 4.78 is 57.3. The zero-order valence-electron chi connectivity index (χ0n) is 15.4. The predicted octanol–water partition coefficient (Wildman–Crippen LogP) is 4.68. The van der Waals surface area contributed by atoms with E-state index in [1.807, 2.05) is 0 Å². The Hall–Kier alpha value is -3.14. The van der Waals surface area contributed by atoms with Crippen molar-refractivity contribution >= 4 is 28.7 Å². The first-order valence-corrected chi connectivity index (χ1v) is 9.60. The Morgan fingerprint density at radius 1 is 1.07 bits per heavy atom. The normalized spacial score (nSPS) is 16.5. The Labute approximate surface area is 171 Å². The largest absolute Gasteiger partial charge is 0.573 e. The predicted molar refractivity (Wildman–Crippen MR) is 103 cm³/mol. The SMILES string of the molecule is Cn1c2c(sc1=O)[C@H](c1ccccc1OC(F)(F)F)CC(=O)N2c1ccc(F)cc1. The second-order valence-electron chi connectivity index (χ2n) is 6.66. The minimum absolute atomic E-state index is 0.157. The number of alkyl halides is 3. The van der Waals surface area contributed by atoms with Crippen molar-refractivity contribution in [2.75, 3.05) is 4.90 Å². The van der Waals surface area contributed by atoms with E-state index in [1.54, 1.807) is 6.07 Å². The van der Waals surface area contributed by atoms with E-state index in [-0.39, 0.29) is 22.7 Å². The smallest absolute Gasteiger partial charge is 0.405 e. The summed E-state index contributed by atoms with van der Waals surface area (Å²) in [5.41, 5.74) is 0.513. The maximum absolute atomic E-state index is 13.3. The molecule has 0 saturated heterocycles. The number of thiazole rings is 1. The molecule has 2 aromatic carbocycles. The average Bonchev–Trinajstić information content (AvgIpc) is 2.97. The van der Waals surface area contributed by atoms with Crippen molar-refractivity contribution in [1.29, 1.82) is 0 Å². The highest BCUT2D eigenvalue weighted by molar-refractivity contribution is 7.10. The standard InChI is InChI=1S/C20H14F4N2O3S/c1-25-18-17(30-19(25)28)14(13-4-2-3-5-15(13)29-20(22,23)24)10-16(27)26(18)12-8-6-11(21)7-9-12/h2-9,14H,10H2,1H3/t14-/m0/s1. The van der Waals surface area contributed by atoms with Crippen molar-refractivity contribution in [1.82, 2.24) is 4.57 Å². The maximum Gasteiger partial charge on any atom is 0.573 e. The van der Waals surface area contributed by atoms with E-state index in [0.717, 1.165) is 11.3 Å². The summed E-state index contributed by atoms with van der Waals surface area (Å²) in [6, 6.07) is 10.7. The molecule has 4 rings (SSSR count). The number of para-hydroxylation sites is 1. The molecule has 10 heteroatoms. The molecule has 1 aromatic heterocycles. The lowest BCUT2D eigenvalue weighted by atomic mass is 9.89. The minimum Gasteiger partial charge on any atom is -0.405 e. The van der Waals surface area contributed by atoms with E-state index in [2.05, 4.69) is 4.74 Å². The number of carbonyl (C=O) groups excluding carboxylic acids is 1. The molecule has 0 aliphatic carbocycles. The molecule has 5 nitrogen and oxygen atoms in total. The third-order valence-electron chi connectivity index (χ3n) is 4.77. The summed E-state index contributed by atoms with van der Waals surface area (Å²) in [5.74, 6) is -1.89. The highest BCUT2D eigenvalue weighted by Gasteiger charge is 2.40. The number of anilines is 2. The third kappa shape index (κ3) is 3.58. The molecule has 0 N–H and O–H groups in total. The number of ether oxygens (including phenoxy) is 1. The minimum atomic E-state index is -4.90. The Bertz CT molecular complexity index is 1170. The number of halogens is 4. The first kappa shape index (κ1) is 20.1. The van der Waals surface area contributed by atoms with Crippen LogP contribution in [0.2, 0.25) is 0 Å². The molecule has 1 aliphatic rings. The fraction of sp³-hybridized carbons (Fsp3) is 0.200. The van der Waals surface area contributed by atoms with Crippen molar-refractivity contribution in [2.45, 2.75) is 18.7 Å². The van der Waals surface area contributed by atoms with Crippen LogP contribution in [-0.2, 0) is 11.8 Å². The highest BCUT2D eigenvalue weighted by Crippen LogP contribution is 2.47. The summed E-state index contributed by atoms with van der Waals surface area (Å²) in [4.78, 5) is 26.8. The first-order valence-electron chi connectivity index (χ1n) is 8.78. The number of aromatic nitrogens is 1. The molecule has 156 valence electrons. The van der Waals surface area contributed by atoms with Crippen LogP contribution in [0.4, 0.5) is 29.1 Å². The second-order valence-corrected chi connectivity index (χ2v) is 7.66. The van der Waals surface area contributed by atoms with Gasteiger partial charge in [-0.05, 0) is 30.3 Å². The van der Waals surface area contributed by atoms with Gasteiger partial charge in [-0.3, -0.25) is 19.1 Å². The van der Waals surface area contributed by atoms with Crippen LogP contribution in [0.25, 0.3) is 0 Å². The Kier molecular flexibility index (Phi) is 4.89. The van der Waals surface area contributed by atoms with Gasteiger partial charge in [-0.25, -0.2) is 4.39 Å². The molecule has 30 heavy (non-hydrogen) atoms. The number of hydrogen-bond donors (Lipinski definition) is 0. The first-order chi connectivity index (χ1) is 14.2. The molecule has 0 radical (unpaired) electrons. The lowest BCUT2D eigenvalue weighted by Gasteiger charge is -2.32. The zero-order chi connectivity index (χ0) is 21.6. The van der Waals surface area contributed by atoms with Crippen molar-refractivity contribution in [3.63, 3.8) is 0 Å². The molecule has 0 fully saturated rings. The number of fused-ring (bicyclic) bond motifs is 1. The Morgan fingerprint density at radius 3 is 2.40 bits per heavy atom. The topological polar surface area (TPSA) is 51.5 Å². The molecule has 0 bridgehead atoms. The van der Waals surface area contributed by atoms with Crippen molar-refractivity contribution in [3.8, 4) is 5.75 Å². The fourth-order valence-corrected chi connectivity index (χ4v) is 4.60. The van der Waals surface area contributed by atoms with Gasteiger partial charge in [0, 0.05) is 24.9 Å². The van der Waals surface area contributed by atoms with Gasteiger partial charge in [0.1, 0.15) is 17.4 Å². The van der Waals surface area contributed by atoms with Gasteiger partial charge in [0.05, 0.1) is 10.6 Å². The Morgan fingerprint density at radius 2 is 1.73 bits per heavy atom. The van der Waals surface area contributed by atoms with Crippen LogP contribution in [0.3, 0.4) is 0 Å². The van der Waals surface area contributed by atoms with E-state index >= 15 is 0 Å². The van der Waals surface area contributed by atoms with E-state index < -0.39 is 29.8 Å². The summed E-state index contributed by atoms with van der Waals surface area (Å²) in [5, 5.41) is 0. The number of amides is 1. The van der Waals surface area contributed by atoms with Crippen molar-refractivity contribution < 1.29 is 27.1 Å². The number of rotatable bonds is 3. The van der Waals surface area contributed by atoms with E-state index in [9.17, 15) is 27.2 Å². The van der Waals surface area contributed by atoms with Gasteiger partial charge in [0.15, 0.2) is 0 Å². The van der Waals surface area contributed by atoms with Crippen LogP contribution < -0.4 is 14.5 Å². The number of nitrogens with zero attached hydrogens (tertiary/aromatic N) is 2. The van der Waals surface area contributed by atoms with E-state index in [0.29, 0.717) is 10.6 Å². The van der Waals surface area contributed by atoms with Gasteiger partial charge in [-0.2, -0.15) is 0 Å². The molecule has 0 spiro atoms. The van der Waals surface area contributed by atoms with Crippen molar-refractivity contribution in [2.24, 2.45) is 7.05 Å². The number of hydrogen-bond acceptors (Lipinski definition) is 4. The molecular formula is C20H14F4N2O3S. The number of carbonyl (C=O) groups is 1. The summed E-state index contributed by atoms with van der Waals surface area (Å²) in [7, 11) is 1.47. The molecule has 0 unspecified atom stereocenters. The van der Waals surface area contributed by atoms with Crippen molar-refractivity contribution in [3.05, 3.63) is 74.5 Å². The van der Waals surface area contributed by atoms with Crippen LogP contribution >= 0.6 is 11.3 Å². The molecule has 0 saturated carbocycles. The fourth-order valence-electron chi connectivity index (χ4n) is 3.52. The zero-order valence-corrected chi connectivity index (χ0v) is 16.3. The van der Waals surface area contributed by atoms with E-state index in [1.165, 1.54) is 59.0 Å². The van der Waals surface area contributed by atoms with Crippen LogP contribution in [-0.4, -0.2) is 16.8 Å². The molecule has 1 atom stereocenters. The summed E-state index contributed by atoms with van der Waals surface area (Å²) in [6.07, 6.45) is -5.08. The molecular weight excluding hydrogens is 424 g/mol. The number of benzene rings is 2. The monoisotopic (exact) mass is 438 g/mol. The second kappa shape index (κ2) is 7.28. The third-order valence-corrected chi connectivity index (χ3v) is 5.91. The van der Waals surface area contributed by atoms with Gasteiger partial charge in [0.25, 0.3) is 0 Å². The highest BCUT2D eigenvalue weighted by atomic mass is 32.1. The van der Waals surface area contributed by atoms with Crippen LogP contribution in [0.1, 0.15) is 22.8 Å². The molecule has 3 aromatic rings. The van der Waals surface area contributed by atoms with Crippen LogP contribution in [0.5, 0.6) is 5.75 Å². The lowest BCUT2D eigenvalue weighted by Crippen LogP contribution is -2.35. The molecule has 1 aliphatic heterocycles. The Balaban J connectivity index is 1.87. The summed E-state index contributed by atoms with van der Waals surface area (Å²) >= 11 is 0.853. The van der Waals surface area contributed by atoms with E-state index in [4.69, 9.17) is 0 Å². The van der Waals surface area contributed by atoms with Crippen LogP contribution in [0, 0.1) is 5.82 Å². The van der Waals surface area contributed by atoms with Gasteiger partial charge < -0.3 is 4.74 Å². The quantitative estimate of drug-likeness (QED) is 0.558. The molecule has 2 heterocycles. The van der Waals surface area contributed by atoms with Crippen LogP contribution in [0.15, 0.2) is 53.3 Å². The summed E-state index contributed by atoms with van der Waals surface area (Å²) in [6.45, 7) is 0. The van der Waals surface area contributed by atoms with Gasteiger partial charge >= 0.3 is 11.2 Å². The maximum atomic E-state index is 13.3. The molecule has 1 amide bonds. The van der Waals surface area contributed by atoms with Gasteiger partial charge in [0.2, 0.25) is 5.91 Å².